The Morgan fingerprint density at radius 1 is 1.53 bits per heavy atom. The Morgan fingerprint density at radius 2 is 2.26 bits per heavy atom. The van der Waals surface area contributed by atoms with Gasteiger partial charge in [-0.3, -0.25) is 4.79 Å². The first-order valence-corrected chi connectivity index (χ1v) is 6.47. The molecule has 1 atom stereocenters. The molecule has 1 heterocycles. The van der Waals surface area contributed by atoms with Crippen LogP contribution in [0.5, 0.6) is 5.88 Å². The summed E-state index contributed by atoms with van der Waals surface area (Å²) >= 11 is 0. The van der Waals surface area contributed by atoms with Gasteiger partial charge in [0.15, 0.2) is 0 Å². The third-order valence-electron chi connectivity index (χ3n) is 2.81. The summed E-state index contributed by atoms with van der Waals surface area (Å²) in [6, 6.07) is 3.64. The molecule has 0 aromatic carbocycles. The van der Waals surface area contributed by atoms with Gasteiger partial charge in [0.2, 0.25) is 5.88 Å². The summed E-state index contributed by atoms with van der Waals surface area (Å²) in [5, 5.41) is 12.2. The molecule has 0 aliphatic rings. The summed E-state index contributed by atoms with van der Waals surface area (Å²) < 4.78 is 5.05. The second-order valence-electron chi connectivity index (χ2n) is 5.06. The molecule has 0 aliphatic carbocycles. The number of nitrogens with one attached hydrogen (secondary N) is 1. The molecule has 1 rings (SSSR count). The van der Waals surface area contributed by atoms with Crippen LogP contribution in [0.4, 0.5) is 5.69 Å². The van der Waals surface area contributed by atoms with E-state index in [0.29, 0.717) is 18.3 Å². The Hall–Kier alpha value is -1.78. The van der Waals surface area contributed by atoms with Gasteiger partial charge in [0.25, 0.3) is 0 Å². The fraction of sp³-hybridized carbons (Fsp3) is 0.571. The highest BCUT2D eigenvalue weighted by Crippen LogP contribution is 2.18. The number of hydrogen-bond acceptors (Lipinski definition) is 4. The Labute approximate surface area is 114 Å². The molecule has 5 nitrogen and oxygen atoms in total. The SMILES string of the molecule is COc1cc(NCC(CC(=O)O)CC(C)C)ccn1. The highest BCUT2D eigenvalue weighted by molar-refractivity contribution is 5.67. The zero-order valence-electron chi connectivity index (χ0n) is 11.7. The minimum atomic E-state index is -0.750. The lowest BCUT2D eigenvalue weighted by Crippen LogP contribution is -2.19. The summed E-state index contributed by atoms with van der Waals surface area (Å²) in [4.78, 5) is 14.9. The quantitative estimate of drug-likeness (QED) is 0.757. The molecule has 0 bridgehead atoms. The highest BCUT2D eigenvalue weighted by atomic mass is 16.5. The van der Waals surface area contributed by atoms with E-state index in [9.17, 15) is 4.79 Å². The van der Waals surface area contributed by atoms with Crippen molar-refractivity contribution in [2.45, 2.75) is 26.7 Å². The minimum Gasteiger partial charge on any atom is -0.481 e. The van der Waals surface area contributed by atoms with Crippen molar-refractivity contribution in [2.75, 3.05) is 19.0 Å². The Balaban J connectivity index is 2.56. The number of nitrogens with zero attached hydrogens (tertiary/aromatic N) is 1. The first-order valence-electron chi connectivity index (χ1n) is 6.47. The second-order valence-corrected chi connectivity index (χ2v) is 5.06. The molecule has 0 radical (unpaired) electrons. The molecule has 2 N–H and O–H groups in total. The van der Waals surface area contributed by atoms with Crippen molar-refractivity contribution in [1.82, 2.24) is 4.98 Å². The standard InChI is InChI=1S/C14H22N2O3/c1-10(2)6-11(7-14(17)18)9-16-12-4-5-15-13(8-12)19-3/h4-5,8,10-11H,6-7,9H2,1-3H3,(H,15,16)(H,17,18). The molecule has 106 valence electrons. The Kier molecular flexibility index (Phi) is 6.12. The topological polar surface area (TPSA) is 71.5 Å². The number of aromatic nitrogens is 1. The molecule has 1 unspecified atom stereocenters. The molecule has 0 spiro atoms. The van der Waals surface area contributed by atoms with Gasteiger partial charge in [-0.1, -0.05) is 13.8 Å². The van der Waals surface area contributed by atoms with Crippen LogP contribution in [0.2, 0.25) is 0 Å². The van der Waals surface area contributed by atoms with Crippen molar-refractivity contribution < 1.29 is 14.6 Å². The average Bonchev–Trinajstić information content (AvgIpc) is 2.35. The highest BCUT2D eigenvalue weighted by Gasteiger charge is 2.14. The van der Waals surface area contributed by atoms with Crippen LogP contribution < -0.4 is 10.1 Å². The third-order valence-corrected chi connectivity index (χ3v) is 2.81. The zero-order valence-corrected chi connectivity index (χ0v) is 11.7. The molecule has 5 heteroatoms. The largest absolute Gasteiger partial charge is 0.481 e. The minimum absolute atomic E-state index is 0.122. The Morgan fingerprint density at radius 3 is 2.84 bits per heavy atom. The van der Waals surface area contributed by atoms with Crippen LogP contribution in [-0.2, 0) is 4.79 Å². The fourth-order valence-electron chi connectivity index (χ4n) is 2.05. The van der Waals surface area contributed by atoms with Gasteiger partial charge in [0.1, 0.15) is 0 Å². The molecule has 1 aromatic heterocycles. The number of aliphatic carboxylic acids is 1. The van der Waals surface area contributed by atoms with Crippen LogP contribution in [0.1, 0.15) is 26.7 Å². The second kappa shape index (κ2) is 7.61. The van der Waals surface area contributed by atoms with Gasteiger partial charge in [-0.25, -0.2) is 4.98 Å². The number of carboxylic acid groups (broad SMARTS) is 1. The van der Waals surface area contributed by atoms with E-state index in [1.54, 1.807) is 19.4 Å². The molecule has 1 aromatic rings. The van der Waals surface area contributed by atoms with Gasteiger partial charge in [-0.2, -0.15) is 0 Å². The van der Waals surface area contributed by atoms with Crippen molar-refractivity contribution in [3.63, 3.8) is 0 Å². The van der Waals surface area contributed by atoms with Crippen LogP contribution >= 0.6 is 0 Å². The first kappa shape index (κ1) is 15.3. The van der Waals surface area contributed by atoms with E-state index in [-0.39, 0.29) is 12.3 Å². The number of hydrogen-bond donors (Lipinski definition) is 2. The van der Waals surface area contributed by atoms with Crippen LogP contribution in [-0.4, -0.2) is 29.7 Å². The number of methoxy groups -OCH3 is 1. The number of ether oxygens (including phenoxy) is 1. The van der Waals surface area contributed by atoms with Gasteiger partial charge < -0.3 is 15.2 Å². The van der Waals surface area contributed by atoms with E-state index >= 15 is 0 Å². The number of carboxylic acids is 1. The predicted octanol–water partition coefficient (Wildman–Crippen LogP) is 2.64. The Bertz CT molecular complexity index is 407. The summed E-state index contributed by atoms with van der Waals surface area (Å²) in [5.74, 6) is 0.401. The van der Waals surface area contributed by atoms with Gasteiger partial charge >= 0.3 is 5.97 Å². The maximum absolute atomic E-state index is 10.8. The van der Waals surface area contributed by atoms with Crippen molar-refractivity contribution in [1.29, 1.82) is 0 Å². The van der Waals surface area contributed by atoms with Crippen molar-refractivity contribution >= 4 is 11.7 Å². The summed E-state index contributed by atoms with van der Waals surface area (Å²) in [7, 11) is 1.57. The van der Waals surface area contributed by atoms with E-state index in [4.69, 9.17) is 9.84 Å². The number of carbonyl (C=O) groups is 1. The molecule has 0 fully saturated rings. The van der Waals surface area contributed by atoms with E-state index in [2.05, 4.69) is 24.1 Å². The lowest BCUT2D eigenvalue weighted by molar-refractivity contribution is -0.138. The lowest BCUT2D eigenvalue weighted by atomic mass is 9.94. The maximum atomic E-state index is 10.8. The number of pyridine rings is 1. The third kappa shape index (κ3) is 6.08. The molecular weight excluding hydrogens is 244 g/mol. The molecule has 19 heavy (non-hydrogen) atoms. The normalized spacial score (nSPS) is 12.2. The van der Waals surface area contributed by atoms with Crippen LogP contribution in [0, 0.1) is 11.8 Å². The summed E-state index contributed by atoms with van der Waals surface area (Å²) in [5.41, 5.74) is 0.894. The smallest absolute Gasteiger partial charge is 0.303 e. The van der Waals surface area contributed by atoms with E-state index in [1.807, 2.05) is 6.07 Å². The van der Waals surface area contributed by atoms with Gasteiger partial charge in [-0.15, -0.1) is 0 Å². The lowest BCUT2D eigenvalue weighted by Gasteiger charge is -2.18. The van der Waals surface area contributed by atoms with E-state index in [1.165, 1.54) is 0 Å². The van der Waals surface area contributed by atoms with Crippen LogP contribution in [0.15, 0.2) is 18.3 Å². The zero-order chi connectivity index (χ0) is 14.3. The monoisotopic (exact) mass is 266 g/mol. The van der Waals surface area contributed by atoms with Crippen LogP contribution in [0.3, 0.4) is 0 Å². The molecule has 0 aliphatic heterocycles. The molecule has 0 saturated carbocycles. The van der Waals surface area contributed by atoms with Crippen molar-refractivity contribution in [2.24, 2.45) is 11.8 Å². The molecule has 0 amide bonds. The summed E-state index contributed by atoms with van der Waals surface area (Å²) in [6.07, 6.45) is 2.74. The average molecular weight is 266 g/mol. The first-order chi connectivity index (χ1) is 9.01. The molecule has 0 saturated heterocycles. The van der Waals surface area contributed by atoms with E-state index in [0.717, 1.165) is 12.1 Å². The predicted molar refractivity (Wildman–Crippen MR) is 74.5 cm³/mol. The van der Waals surface area contributed by atoms with Crippen LogP contribution in [0.25, 0.3) is 0 Å². The van der Waals surface area contributed by atoms with Gasteiger partial charge in [-0.05, 0) is 24.3 Å². The summed E-state index contributed by atoms with van der Waals surface area (Å²) in [6.45, 7) is 4.84. The van der Waals surface area contributed by atoms with Gasteiger partial charge in [0, 0.05) is 30.9 Å². The maximum Gasteiger partial charge on any atom is 0.303 e. The number of anilines is 1. The van der Waals surface area contributed by atoms with Gasteiger partial charge in [0.05, 0.1) is 7.11 Å². The fourth-order valence-corrected chi connectivity index (χ4v) is 2.05. The van der Waals surface area contributed by atoms with E-state index < -0.39 is 5.97 Å². The van der Waals surface area contributed by atoms with Crippen molar-refractivity contribution in [3.8, 4) is 5.88 Å². The van der Waals surface area contributed by atoms with Crippen molar-refractivity contribution in [3.05, 3.63) is 18.3 Å². The number of rotatable bonds is 8. The molecular formula is C14H22N2O3.